The van der Waals surface area contributed by atoms with Gasteiger partial charge in [-0.15, -0.1) is 0 Å². The maximum atomic E-state index is 12.1. The number of benzene rings is 1. The second kappa shape index (κ2) is 7.13. The molecule has 2 nitrogen and oxygen atoms in total. The fraction of sp³-hybridized carbons (Fsp3) is 0.471. The predicted molar refractivity (Wildman–Crippen MR) is 78.8 cm³/mol. The summed E-state index contributed by atoms with van der Waals surface area (Å²) in [6.07, 6.45) is 9.25. The van der Waals surface area contributed by atoms with Crippen molar-refractivity contribution in [1.82, 2.24) is 5.32 Å². The second-order valence-electron chi connectivity index (χ2n) is 5.42. The molecule has 0 aliphatic heterocycles. The smallest absolute Gasteiger partial charge is 0.223 e. The Kier molecular flexibility index (Phi) is 5.20. The van der Waals surface area contributed by atoms with E-state index in [1.807, 2.05) is 6.07 Å². The minimum absolute atomic E-state index is 0.184. The van der Waals surface area contributed by atoms with Crippen molar-refractivity contribution in [3.8, 4) is 0 Å². The lowest BCUT2D eigenvalue weighted by Gasteiger charge is -2.20. The van der Waals surface area contributed by atoms with Crippen molar-refractivity contribution in [3.63, 3.8) is 0 Å². The molecule has 0 aromatic heterocycles. The van der Waals surface area contributed by atoms with E-state index in [1.54, 1.807) is 0 Å². The van der Waals surface area contributed by atoms with Crippen LogP contribution < -0.4 is 5.32 Å². The van der Waals surface area contributed by atoms with Gasteiger partial charge in [0.25, 0.3) is 0 Å². The van der Waals surface area contributed by atoms with Gasteiger partial charge in [-0.1, -0.05) is 42.5 Å². The number of aryl methyl sites for hydroxylation is 1. The fourth-order valence-corrected chi connectivity index (χ4v) is 2.49. The van der Waals surface area contributed by atoms with Crippen molar-refractivity contribution in [2.45, 2.75) is 45.1 Å². The van der Waals surface area contributed by atoms with Gasteiger partial charge in [0, 0.05) is 12.0 Å². The molecule has 0 bridgehead atoms. The molecule has 0 fully saturated rings. The number of carbonyl (C=O) groups is 1. The highest BCUT2D eigenvalue weighted by atomic mass is 16.1. The molecule has 0 radical (unpaired) electrons. The lowest BCUT2D eigenvalue weighted by atomic mass is 9.93. The average Bonchev–Trinajstić information content (AvgIpc) is 2.47. The zero-order chi connectivity index (χ0) is 13.5. The summed E-state index contributed by atoms with van der Waals surface area (Å²) in [5.41, 5.74) is 1.34. The van der Waals surface area contributed by atoms with Crippen LogP contribution in [-0.4, -0.2) is 11.9 Å². The van der Waals surface area contributed by atoms with Crippen molar-refractivity contribution in [1.29, 1.82) is 0 Å². The number of rotatable bonds is 5. The van der Waals surface area contributed by atoms with Gasteiger partial charge in [0.2, 0.25) is 5.91 Å². The zero-order valence-electron chi connectivity index (χ0n) is 11.6. The van der Waals surface area contributed by atoms with E-state index >= 15 is 0 Å². The van der Waals surface area contributed by atoms with Crippen molar-refractivity contribution in [3.05, 3.63) is 48.0 Å². The molecule has 19 heavy (non-hydrogen) atoms. The van der Waals surface area contributed by atoms with Crippen LogP contribution in [0.15, 0.2) is 42.5 Å². The molecule has 2 atom stereocenters. The van der Waals surface area contributed by atoms with Gasteiger partial charge in [0.05, 0.1) is 0 Å². The molecule has 2 heteroatoms. The molecule has 1 aromatic rings. The second-order valence-corrected chi connectivity index (χ2v) is 5.42. The molecule has 0 spiro atoms. The van der Waals surface area contributed by atoms with Gasteiger partial charge < -0.3 is 5.32 Å². The highest BCUT2D eigenvalue weighted by Crippen LogP contribution is 2.18. The molecule has 0 saturated heterocycles. The summed E-state index contributed by atoms with van der Waals surface area (Å²) >= 11 is 0. The monoisotopic (exact) mass is 257 g/mol. The van der Waals surface area contributed by atoms with Crippen molar-refractivity contribution < 1.29 is 4.79 Å². The number of carbonyl (C=O) groups excluding carboxylic acids is 1. The van der Waals surface area contributed by atoms with Gasteiger partial charge in [-0.25, -0.2) is 0 Å². The van der Waals surface area contributed by atoms with Crippen LogP contribution in [0.1, 0.15) is 38.2 Å². The van der Waals surface area contributed by atoms with Crippen molar-refractivity contribution >= 4 is 5.91 Å². The van der Waals surface area contributed by atoms with Crippen molar-refractivity contribution in [2.75, 3.05) is 0 Å². The Hall–Kier alpha value is -1.57. The lowest BCUT2D eigenvalue weighted by Crippen LogP contribution is -2.37. The minimum Gasteiger partial charge on any atom is -0.353 e. The number of allylic oxidation sites excluding steroid dienone is 2. The Balaban J connectivity index is 1.73. The Labute approximate surface area is 115 Å². The van der Waals surface area contributed by atoms with Gasteiger partial charge in [-0.2, -0.15) is 0 Å². The number of amides is 1. The van der Waals surface area contributed by atoms with Crippen LogP contribution in [0, 0.1) is 5.92 Å². The molecule has 0 heterocycles. The number of hydrogen-bond donors (Lipinski definition) is 1. The highest BCUT2D eigenvalue weighted by Gasteiger charge is 2.19. The summed E-state index contributed by atoms with van der Waals surface area (Å²) in [5.74, 6) is 0.411. The normalized spacial score (nSPS) is 19.9. The van der Waals surface area contributed by atoms with E-state index in [9.17, 15) is 4.79 Å². The molecular weight excluding hydrogens is 234 g/mol. The molecule has 1 aromatic carbocycles. The van der Waals surface area contributed by atoms with Crippen LogP contribution in [-0.2, 0) is 11.2 Å². The van der Waals surface area contributed by atoms with Gasteiger partial charge in [0.15, 0.2) is 0 Å². The average molecular weight is 257 g/mol. The van der Waals surface area contributed by atoms with E-state index in [-0.39, 0.29) is 17.9 Å². The summed E-state index contributed by atoms with van der Waals surface area (Å²) in [4.78, 5) is 12.1. The summed E-state index contributed by atoms with van der Waals surface area (Å²) in [5, 5.41) is 3.15. The Morgan fingerprint density at radius 1 is 1.32 bits per heavy atom. The molecule has 102 valence electrons. The van der Waals surface area contributed by atoms with Crippen LogP contribution in [0.25, 0.3) is 0 Å². The van der Waals surface area contributed by atoms with E-state index in [2.05, 4.69) is 48.7 Å². The van der Waals surface area contributed by atoms with Crippen LogP contribution in [0.5, 0.6) is 0 Å². The molecular formula is C17H23NO. The topological polar surface area (TPSA) is 29.1 Å². The summed E-state index contributed by atoms with van der Waals surface area (Å²) < 4.78 is 0. The fourth-order valence-electron chi connectivity index (χ4n) is 2.49. The van der Waals surface area contributed by atoms with Gasteiger partial charge in [-0.3, -0.25) is 4.79 Å². The maximum absolute atomic E-state index is 12.1. The van der Waals surface area contributed by atoms with E-state index in [4.69, 9.17) is 0 Å². The lowest BCUT2D eigenvalue weighted by molar-refractivity contribution is -0.125. The van der Waals surface area contributed by atoms with Crippen LogP contribution >= 0.6 is 0 Å². The van der Waals surface area contributed by atoms with E-state index < -0.39 is 0 Å². The molecule has 1 N–H and O–H groups in total. The van der Waals surface area contributed by atoms with E-state index in [1.165, 1.54) is 5.56 Å². The molecule has 0 unspecified atom stereocenters. The maximum Gasteiger partial charge on any atom is 0.223 e. The van der Waals surface area contributed by atoms with Gasteiger partial charge in [-0.05, 0) is 44.6 Å². The predicted octanol–water partition coefficient (Wildman–Crippen LogP) is 3.48. The molecule has 1 aliphatic carbocycles. The minimum atomic E-state index is 0.184. The van der Waals surface area contributed by atoms with E-state index in [0.717, 1.165) is 32.1 Å². The molecule has 0 saturated carbocycles. The molecule has 1 aliphatic rings. The highest BCUT2D eigenvalue weighted by molar-refractivity contribution is 5.79. The van der Waals surface area contributed by atoms with E-state index in [0.29, 0.717) is 0 Å². The summed E-state index contributed by atoms with van der Waals surface area (Å²) in [6.45, 7) is 2.10. The Morgan fingerprint density at radius 2 is 2.11 bits per heavy atom. The third-order valence-corrected chi connectivity index (χ3v) is 3.74. The van der Waals surface area contributed by atoms with Crippen molar-refractivity contribution in [2.24, 2.45) is 5.92 Å². The first-order chi connectivity index (χ1) is 9.25. The molecule has 1 amide bonds. The largest absolute Gasteiger partial charge is 0.353 e. The SMILES string of the molecule is C[C@@H](CCc1ccccc1)NC(=O)[C@@H]1CC=CCC1. The first-order valence-electron chi connectivity index (χ1n) is 7.25. The quantitative estimate of drug-likeness (QED) is 0.804. The third kappa shape index (κ3) is 4.55. The van der Waals surface area contributed by atoms with Gasteiger partial charge in [0.1, 0.15) is 0 Å². The number of hydrogen-bond acceptors (Lipinski definition) is 1. The Bertz CT molecular complexity index is 424. The Morgan fingerprint density at radius 3 is 2.79 bits per heavy atom. The van der Waals surface area contributed by atoms with Crippen LogP contribution in [0.3, 0.4) is 0 Å². The van der Waals surface area contributed by atoms with Crippen LogP contribution in [0.2, 0.25) is 0 Å². The standard InChI is InChI=1S/C17H23NO/c1-14(12-13-15-8-4-2-5-9-15)18-17(19)16-10-6-3-7-11-16/h2-6,8-9,14,16H,7,10-13H2,1H3,(H,18,19)/t14-,16+/m0/s1. The molecule has 2 rings (SSSR count). The first-order valence-corrected chi connectivity index (χ1v) is 7.25. The van der Waals surface area contributed by atoms with Crippen LogP contribution in [0.4, 0.5) is 0 Å². The summed E-state index contributed by atoms with van der Waals surface area (Å²) in [6, 6.07) is 10.7. The zero-order valence-corrected chi connectivity index (χ0v) is 11.6. The first kappa shape index (κ1) is 13.9. The number of nitrogens with one attached hydrogen (secondary N) is 1. The van der Waals surface area contributed by atoms with Gasteiger partial charge >= 0.3 is 0 Å². The third-order valence-electron chi connectivity index (χ3n) is 3.74. The summed E-state index contributed by atoms with van der Waals surface area (Å²) in [7, 11) is 0.